The summed E-state index contributed by atoms with van der Waals surface area (Å²) in [7, 11) is -2.05. The van der Waals surface area contributed by atoms with Crippen LogP contribution in [0.3, 0.4) is 0 Å². The molecule has 1 aliphatic rings. The van der Waals surface area contributed by atoms with Gasteiger partial charge in [0, 0.05) is 0 Å². The van der Waals surface area contributed by atoms with Gasteiger partial charge in [-0.15, -0.1) is 4.40 Å². The Morgan fingerprint density at radius 2 is 1.91 bits per heavy atom. The fraction of sp³-hybridized carbons (Fsp3) is 0.118. The molecule has 2 aromatic rings. The predicted octanol–water partition coefficient (Wildman–Crippen LogP) is 3.23. The van der Waals surface area contributed by atoms with E-state index >= 15 is 0 Å². The minimum absolute atomic E-state index is 0.189. The Labute approximate surface area is 135 Å². The van der Waals surface area contributed by atoms with Gasteiger partial charge in [0.05, 0.1) is 12.8 Å². The maximum absolute atomic E-state index is 12.2. The number of hydrogen-bond acceptors (Lipinski definition) is 4. The SMILES string of the molecule is COc1cc(/C=C/C2=NS(=O)(=O)c3ccccc3N2)ccc1C. The second-order valence-electron chi connectivity index (χ2n) is 5.14. The lowest BCUT2D eigenvalue weighted by Crippen LogP contribution is -2.19. The van der Waals surface area contributed by atoms with Crippen molar-refractivity contribution in [3.63, 3.8) is 0 Å². The first kappa shape index (κ1) is 15.3. The molecule has 0 bridgehead atoms. The zero-order chi connectivity index (χ0) is 16.4. The first-order chi connectivity index (χ1) is 11.0. The van der Waals surface area contributed by atoms with Crippen molar-refractivity contribution in [3.05, 3.63) is 59.7 Å². The van der Waals surface area contributed by atoms with E-state index in [-0.39, 0.29) is 10.7 Å². The molecular weight excluding hydrogens is 312 g/mol. The van der Waals surface area contributed by atoms with Crippen LogP contribution in [-0.2, 0) is 10.0 Å². The van der Waals surface area contributed by atoms with Gasteiger partial charge >= 0.3 is 0 Å². The molecule has 1 aliphatic heterocycles. The van der Waals surface area contributed by atoms with Crippen molar-refractivity contribution in [2.45, 2.75) is 11.8 Å². The van der Waals surface area contributed by atoms with E-state index in [1.165, 1.54) is 6.07 Å². The van der Waals surface area contributed by atoms with Crippen LogP contribution in [0.15, 0.2) is 57.8 Å². The number of sulfonamides is 1. The summed E-state index contributed by atoms with van der Waals surface area (Å²) in [5, 5.41) is 3.02. The highest BCUT2D eigenvalue weighted by Gasteiger charge is 2.22. The van der Waals surface area contributed by atoms with Crippen LogP contribution < -0.4 is 10.1 Å². The van der Waals surface area contributed by atoms with Crippen molar-refractivity contribution in [1.29, 1.82) is 0 Å². The highest BCUT2D eigenvalue weighted by atomic mass is 32.2. The first-order valence-corrected chi connectivity index (χ1v) is 8.47. The van der Waals surface area contributed by atoms with E-state index < -0.39 is 10.0 Å². The predicted molar refractivity (Wildman–Crippen MR) is 91.5 cm³/mol. The molecule has 0 aliphatic carbocycles. The van der Waals surface area contributed by atoms with Crippen molar-refractivity contribution in [1.82, 2.24) is 0 Å². The molecule has 0 spiro atoms. The van der Waals surface area contributed by atoms with E-state index in [4.69, 9.17) is 4.74 Å². The van der Waals surface area contributed by atoms with Crippen molar-refractivity contribution in [2.75, 3.05) is 12.4 Å². The van der Waals surface area contributed by atoms with Gasteiger partial charge in [-0.3, -0.25) is 0 Å². The van der Waals surface area contributed by atoms with Gasteiger partial charge in [0.1, 0.15) is 16.5 Å². The summed E-state index contributed by atoms with van der Waals surface area (Å²) in [5.41, 5.74) is 2.46. The Morgan fingerprint density at radius 3 is 2.70 bits per heavy atom. The summed E-state index contributed by atoms with van der Waals surface area (Å²) in [6, 6.07) is 12.5. The van der Waals surface area contributed by atoms with Crippen LogP contribution in [-0.4, -0.2) is 21.4 Å². The molecule has 0 radical (unpaired) electrons. The van der Waals surface area contributed by atoms with Crippen LogP contribution in [0.1, 0.15) is 11.1 Å². The standard InChI is InChI=1S/C17H16N2O3S/c1-12-7-8-13(11-15(12)22-2)9-10-17-18-14-5-3-4-6-16(14)23(20,21)19-17/h3-11H,1-2H3,(H,18,19)/b10-9+. The molecule has 0 amide bonds. The lowest BCUT2D eigenvalue weighted by atomic mass is 10.1. The van der Waals surface area contributed by atoms with E-state index in [2.05, 4.69) is 9.71 Å². The average Bonchev–Trinajstić information content (AvgIpc) is 2.53. The summed E-state index contributed by atoms with van der Waals surface area (Å²) in [4.78, 5) is 0.189. The second kappa shape index (κ2) is 5.89. The molecule has 0 atom stereocenters. The molecule has 0 fully saturated rings. The lowest BCUT2D eigenvalue weighted by molar-refractivity contribution is 0.411. The van der Waals surface area contributed by atoms with E-state index in [9.17, 15) is 8.42 Å². The Kier molecular flexibility index (Phi) is 3.92. The Hall–Kier alpha value is -2.60. The normalized spacial score (nSPS) is 15.7. The number of para-hydroxylation sites is 1. The van der Waals surface area contributed by atoms with Gasteiger partial charge < -0.3 is 10.1 Å². The van der Waals surface area contributed by atoms with Gasteiger partial charge in [-0.2, -0.15) is 8.42 Å². The molecule has 1 heterocycles. The topological polar surface area (TPSA) is 67.8 Å². The first-order valence-electron chi connectivity index (χ1n) is 7.03. The number of amidine groups is 1. The molecule has 0 saturated heterocycles. The van der Waals surface area contributed by atoms with Crippen LogP contribution in [0, 0.1) is 6.92 Å². The number of nitrogens with one attached hydrogen (secondary N) is 1. The molecule has 0 aromatic heterocycles. The second-order valence-corrected chi connectivity index (χ2v) is 6.71. The Balaban J connectivity index is 1.91. The van der Waals surface area contributed by atoms with E-state index in [1.807, 2.05) is 25.1 Å². The number of aryl methyl sites for hydroxylation is 1. The molecule has 0 saturated carbocycles. The molecule has 1 N–H and O–H groups in total. The number of rotatable bonds is 3. The van der Waals surface area contributed by atoms with E-state index in [1.54, 1.807) is 37.5 Å². The highest BCUT2D eigenvalue weighted by molar-refractivity contribution is 7.90. The Morgan fingerprint density at radius 1 is 1.13 bits per heavy atom. The summed E-state index contributed by atoms with van der Waals surface area (Å²) in [6.45, 7) is 1.96. The quantitative estimate of drug-likeness (QED) is 0.939. The number of anilines is 1. The molecule has 6 heteroatoms. The number of methoxy groups -OCH3 is 1. The van der Waals surface area contributed by atoms with Gasteiger partial charge in [0.15, 0.2) is 0 Å². The minimum Gasteiger partial charge on any atom is -0.496 e. The molecule has 3 rings (SSSR count). The maximum Gasteiger partial charge on any atom is 0.286 e. The monoisotopic (exact) mass is 328 g/mol. The van der Waals surface area contributed by atoms with E-state index in [0.717, 1.165) is 16.9 Å². The third kappa shape index (κ3) is 3.12. The third-order valence-corrected chi connectivity index (χ3v) is 4.86. The summed E-state index contributed by atoms with van der Waals surface area (Å²) >= 11 is 0. The van der Waals surface area contributed by atoms with Crippen LogP contribution in [0.25, 0.3) is 6.08 Å². The number of fused-ring (bicyclic) bond motifs is 1. The van der Waals surface area contributed by atoms with Crippen molar-refractivity contribution < 1.29 is 13.2 Å². The fourth-order valence-corrected chi connectivity index (χ4v) is 3.43. The molecule has 118 valence electrons. The number of benzene rings is 2. The van der Waals surface area contributed by atoms with Gasteiger partial charge in [-0.1, -0.05) is 30.3 Å². The number of ether oxygens (including phenoxy) is 1. The van der Waals surface area contributed by atoms with Crippen molar-refractivity contribution in [3.8, 4) is 5.75 Å². The lowest BCUT2D eigenvalue weighted by Gasteiger charge is -2.15. The van der Waals surface area contributed by atoms with Crippen LogP contribution in [0.5, 0.6) is 5.75 Å². The zero-order valence-corrected chi connectivity index (χ0v) is 13.6. The van der Waals surface area contributed by atoms with Gasteiger partial charge in [-0.25, -0.2) is 0 Å². The van der Waals surface area contributed by atoms with Crippen LogP contribution in [0.2, 0.25) is 0 Å². The minimum atomic E-state index is -3.67. The molecule has 0 unspecified atom stereocenters. The average molecular weight is 328 g/mol. The van der Waals surface area contributed by atoms with Crippen LogP contribution >= 0.6 is 0 Å². The number of nitrogens with zero attached hydrogens (tertiary/aromatic N) is 1. The van der Waals surface area contributed by atoms with Crippen molar-refractivity contribution >= 4 is 27.6 Å². The summed E-state index contributed by atoms with van der Waals surface area (Å²) in [6.07, 6.45) is 3.43. The Bertz CT molecular complexity index is 915. The van der Waals surface area contributed by atoms with Crippen molar-refractivity contribution in [2.24, 2.45) is 4.40 Å². The van der Waals surface area contributed by atoms with Gasteiger partial charge in [-0.05, 0) is 42.3 Å². The molecule has 23 heavy (non-hydrogen) atoms. The largest absolute Gasteiger partial charge is 0.496 e. The highest BCUT2D eigenvalue weighted by Crippen LogP contribution is 2.27. The smallest absolute Gasteiger partial charge is 0.286 e. The van der Waals surface area contributed by atoms with Gasteiger partial charge in [0.2, 0.25) is 0 Å². The molecule has 5 nitrogen and oxygen atoms in total. The van der Waals surface area contributed by atoms with Crippen LogP contribution in [0.4, 0.5) is 5.69 Å². The zero-order valence-electron chi connectivity index (χ0n) is 12.8. The summed E-state index contributed by atoms with van der Waals surface area (Å²) < 4.78 is 33.4. The molecular formula is C17H16N2O3S. The summed E-state index contributed by atoms with van der Waals surface area (Å²) in [5.74, 6) is 1.06. The maximum atomic E-state index is 12.2. The fourth-order valence-electron chi connectivity index (χ4n) is 2.32. The molecule has 2 aromatic carbocycles. The number of hydrogen-bond donors (Lipinski definition) is 1. The van der Waals surface area contributed by atoms with E-state index in [0.29, 0.717) is 5.69 Å². The third-order valence-electron chi connectivity index (χ3n) is 3.51. The van der Waals surface area contributed by atoms with Gasteiger partial charge in [0.25, 0.3) is 10.0 Å².